The van der Waals surface area contributed by atoms with Crippen molar-refractivity contribution in [2.24, 2.45) is 5.92 Å². The number of allylic oxidation sites excluding steroid dienone is 2. The van der Waals surface area contributed by atoms with Crippen molar-refractivity contribution >= 4 is 35.7 Å². The van der Waals surface area contributed by atoms with Gasteiger partial charge < -0.3 is 15.2 Å². The van der Waals surface area contributed by atoms with Crippen LogP contribution in [0, 0.1) is 5.92 Å². The van der Waals surface area contributed by atoms with E-state index < -0.39 is 12.3 Å². The van der Waals surface area contributed by atoms with E-state index >= 15 is 0 Å². The number of hydrogen-bond donors (Lipinski definition) is 2. The van der Waals surface area contributed by atoms with Crippen molar-refractivity contribution in [1.29, 1.82) is 0 Å². The van der Waals surface area contributed by atoms with Crippen LogP contribution in [0.1, 0.15) is 60.5 Å². The molecule has 228 valence electrons. The van der Waals surface area contributed by atoms with Crippen LogP contribution < -0.4 is 10.1 Å². The Kier molecular flexibility index (Phi) is 10.1. The summed E-state index contributed by atoms with van der Waals surface area (Å²) in [6, 6.07) is 15.1. The number of aliphatic carboxylic acids is 1. The molecule has 0 saturated carbocycles. The fraction of sp³-hybridized carbons (Fsp3) is 0.344. The minimum absolute atomic E-state index is 0. The highest BCUT2D eigenvalue weighted by Gasteiger charge is 2.31. The van der Waals surface area contributed by atoms with E-state index in [4.69, 9.17) is 0 Å². The number of carboxylic acid groups (broad SMARTS) is 1. The summed E-state index contributed by atoms with van der Waals surface area (Å²) in [5.74, 6) is -1.36. The highest BCUT2D eigenvalue weighted by atomic mass is 35.5. The maximum atomic E-state index is 13.1. The zero-order valence-electron chi connectivity index (χ0n) is 23.6. The lowest BCUT2D eigenvalue weighted by Gasteiger charge is -2.23. The number of pyridine rings is 1. The summed E-state index contributed by atoms with van der Waals surface area (Å²) in [6.07, 6.45) is 2.76. The van der Waals surface area contributed by atoms with Crippen LogP contribution in [0.4, 0.5) is 19.0 Å². The zero-order chi connectivity index (χ0) is 29.9. The monoisotopic (exact) mass is 615 g/mol. The Morgan fingerprint density at radius 2 is 1.77 bits per heavy atom. The molecule has 7 nitrogen and oxygen atoms in total. The van der Waals surface area contributed by atoms with Crippen LogP contribution in [0.3, 0.4) is 0 Å². The molecule has 11 heteroatoms. The molecule has 1 unspecified atom stereocenters. The summed E-state index contributed by atoms with van der Waals surface area (Å²) in [4.78, 5) is 31.1. The van der Waals surface area contributed by atoms with Crippen molar-refractivity contribution in [2.75, 3.05) is 11.9 Å². The number of likely N-dealkylation sites (tertiary alicyclic amines) is 1. The first-order valence-electron chi connectivity index (χ1n) is 14.0. The molecule has 1 fully saturated rings. The first-order valence-corrected chi connectivity index (χ1v) is 14.0. The van der Waals surface area contributed by atoms with Crippen LogP contribution in [0.15, 0.2) is 66.9 Å². The van der Waals surface area contributed by atoms with E-state index in [9.17, 15) is 27.9 Å². The minimum Gasteiger partial charge on any atom is -0.481 e. The highest BCUT2D eigenvalue weighted by Crippen LogP contribution is 2.32. The summed E-state index contributed by atoms with van der Waals surface area (Å²) in [5.41, 5.74) is 4.86. The number of amides is 1. The van der Waals surface area contributed by atoms with E-state index in [-0.39, 0.29) is 30.0 Å². The van der Waals surface area contributed by atoms with Crippen LogP contribution in [-0.2, 0) is 11.3 Å². The molecule has 2 atom stereocenters. The van der Waals surface area contributed by atoms with Gasteiger partial charge in [-0.2, -0.15) is 0 Å². The molecule has 0 spiro atoms. The number of alkyl halides is 3. The highest BCUT2D eigenvalue weighted by molar-refractivity contribution is 6.04. The summed E-state index contributed by atoms with van der Waals surface area (Å²) < 4.78 is 41.8. The van der Waals surface area contributed by atoms with Gasteiger partial charge in [-0.25, -0.2) is 4.98 Å². The van der Waals surface area contributed by atoms with Gasteiger partial charge in [-0.05, 0) is 98.2 Å². The SMILES string of the molecule is C[C@@H]1CCCN1Cc1cc(NC(=O)c2ccc(C3=CCC(C(=O)O)CC3)cc2)ncc1-c1ccc(OC(F)(F)F)cc1.Cl. The van der Waals surface area contributed by atoms with Crippen LogP contribution in [-0.4, -0.2) is 45.8 Å². The number of ether oxygens (including phenoxy) is 1. The molecule has 1 aromatic heterocycles. The first-order chi connectivity index (χ1) is 20.1. The molecule has 2 N–H and O–H groups in total. The number of rotatable bonds is 8. The van der Waals surface area contributed by atoms with E-state index in [2.05, 4.69) is 26.9 Å². The van der Waals surface area contributed by atoms with Crippen LogP contribution in [0.2, 0.25) is 0 Å². The molecule has 0 bridgehead atoms. The normalized spacial score (nSPS) is 18.8. The summed E-state index contributed by atoms with van der Waals surface area (Å²) in [6.45, 7) is 3.70. The standard InChI is InChI=1S/C32H32F3N3O4.ClH/c1-20-3-2-16-38(20)19-26-17-29(36-18-28(26)23-12-14-27(15-13-23)42-32(33,34)35)37-30(39)24-8-4-21(5-9-24)22-6-10-25(11-7-22)31(40)41;/h4-6,8-9,12-15,17-18,20,25H,2-3,7,10-11,16,19H2,1H3,(H,40,41)(H,36,37,39);1H/t20-,25?;/m1./s1. The Labute approximate surface area is 254 Å². The summed E-state index contributed by atoms with van der Waals surface area (Å²) in [7, 11) is 0. The number of carboxylic acids is 1. The third kappa shape index (κ3) is 8.14. The predicted octanol–water partition coefficient (Wildman–Crippen LogP) is 7.57. The molecule has 1 aliphatic carbocycles. The van der Waals surface area contributed by atoms with Gasteiger partial charge in [0.15, 0.2) is 0 Å². The first kappa shape index (κ1) is 32.0. The van der Waals surface area contributed by atoms with Gasteiger partial charge in [0.2, 0.25) is 0 Å². The number of halogens is 4. The van der Waals surface area contributed by atoms with Crippen LogP contribution in [0.5, 0.6) is 5.75 Å². The second-order valence-corrected chi connectivity index (χ2v) is 10.8. The molecule has 3 aromatic rings. The predicted molar refractivity (Wildman–Crippen MR) is 160 cm³/mol. The topological polar surface area (TPSA) is 91.8 Å². The molecule has 1 amide bonds. The van der Waals surface area contributed by atoms with Gasteiger partial charge in [0, 0.05) is 29.9 Å². The minimum atomic E-state index is -4.76. The zero-order valence-corrected chi connectivity index (χ0v) is 24.4. The van der Waals surface area contributed by atoms with Gasteiger partial charge in [-0.3, -0.25) is 14.5 Å². The van der Waals surface area contributed by atoms with Crippen molar-refractivity contribution < 1.29 is 32.6 Å². The molecule has 2 aromatic carbocycles. The van der Waals surface area contributed by atoms with Crippen molar-refractivity contribution in [3.8, 4) is 16.9 Å². The van der Waals surface area contributed by atoms with E-state index in [1.54, 1.807) is 30.5 Å². The van der Waals surface area contributed by atoms with Crippen molar-refractivity contribution in [3.63, 3.8) is 0 Å². The van der Waals surface area contributed by atoms with Crippen LogP contribution in [0.25, 0.3) is 16.7 Å². The van der Waals surface area contributed by atoms with Crippen molar-refractivity contribution in [3.05, 3.63) is 83.6 Å². The Morgan fingerprint density at radius 1 is 1.07 bits per heavy atom. The molecule has 1 aliphatic heterocycles. The number of nitrogens with zero attached hydrogens (tertiary/aromatic N) is 2. The van der Waals surface area contributed by atoms with Crippen molar-refractivity contribution in [2.45, 2.75) is 58.0 Å². The maximum Gasteiger partial charge on any atom is 0.573 e. The number of aromatic nitrogens is 1. The lowest BCUT2D eigenvalue weighted by molar-refractivity contribution is -0.274. The molecule has 2 aliphatic rings. The average Bonchev–Trinajstić information content (AvgIpc) is 3.37. The number of anilines is 1. The second-order valence-electron chi connectivity index (χ2n) is 10.8. The molecule has 0 radical (unpaired) electrons. The number of hydrogen-bond acceptors (Lipinski definition) is 5. The quantitative estimate of drug-likeness (QED) is 0.272. The van der Waals surface area contributed by atoms with Gasteiger partial charge >= 0.3 is 12.3 Å². The van der Waals surface area contributed by atoms with E-state index in [0.717, 1.165) is 41.6 Å². The Bertz CT molecular complexity index is 1480. The Balaban J connectivity index is 0.00000423. The smallest absolute Gasteiger partial charge is 0.481 e. The maximum absolute atomic E-state index is 13.1. The average molecular weight is 616 g/mol. The van der Waals surface area contributed by atoms with E-state index in [0.29, 0.717) is 48.8 Å². The largest absolute Gasteiger partial charge is 0.573 e. The van der Waals surface area contributed by atoms with Gasteiger partial charge in [0.1, 0.15) is 11.6 Å². The van der Waals surface area contributed by atoms with Crippen molar-refractivity contribution in [1.82, 2.24) is 9.88 Å². The summed E-state index contributed by atoms with van der Waals surface area (Å²) in [5, 5.41) is 12.1. The number of carbonyl (C=O) groups is 2. The Hall–Kier alpha value is -3.89. The lowest BCUT2D eigenvalue weighted by Crippen LogP contribution is -2.26. The molecular weight excluding hydrogens is 583 g/mol. The summed E-state index contributed by atoms with van der Waals surface area (Å²) >= 11 is 0. The fourth-order valence-electron chi connectivity index (χ4n) is 5.58. The lowest BCUT2D eigenvalue weighted by atomic mass is 9.86. The molecular formula is C32H33ClF3N3O4. The molecule has 5 rings (SSSR count). The van der Waals surface area contributed by atoms with E-state index in [1.807, 2.05) is 24.3 Å². The molecule has 43 heavy (non-hydrogen) atoms. The van der Waals surface area contributed by atoms with Gasteiger partial charge in [0.05, 0.1) is 5.92 Å². The fourth-order valence-corrected chi connectivity index (χ4v) is 5.58. The van der Waals surface area contributed by atoms with Gasteiger partial charge in [-0.1, -0.05) is 30.3 Å². The number of carbonyl (C=O) groups excluding carboxylic acids is 1. The van der Waals surface area contributed by atoms with Crippen LogP contribution >= 0.6 is 12.4 Å². The Morgan fingerprint density at radius 3 is 2.35 bits per heavy atom. The third-order valence-corrected chi connectivity index (χ3v) is 7.97. The van der Waals surface area contributed by atoms with Gasteiger partial charge in [0.25, 0.3) is 5.91 Å². The second kappa shape index (κ2) is 13.6. The molecule has 1 saturated heterocycles. The molecule has 2 heterocycles. The van der Waals surface area contributed by atoms with E-state index in [1.165, 1.54) is 12.1 Å². The number of benzene rings is 2. The third-order valence-electron chi connectivity index (χ3n) is 7.97. The number of nitrogens with one attached hydrogen (secondary N) is 1. The van der Waals surface area contributed by atoms with Gasteiger partial charge in [-0.15, -0.1) is 25.6 Å².